The minimum absolute atomic E-state index is 0.786. The van der Waals surface area contributed by atoms with Crippen LogP contribution in [0.25, 0.3) is 0 Å². The van der Waals surface area contributed by atoms with Gasteiger partial charge in [-0.05, 0) is 30.6 Å². The lowest BCUT2D eigenvalue weighted by Gasteiger charge is -2.38. The van der Waals surface area contributed by atoms with Gasteiger partial charge in [0.05, 0.1) is 0 Å². The number of fused-ring (bicyclic) bond motifs is 1. The maximum Gasteiger partial charge on any atom is -0.0383 e. The first-order chi connectivity index (χ1) is 5.36. The van der Waals surface area contributed by atoms with Gasteiger partial charge in [-0.15, -0.1) is 0 Å². The topological polar surface area (TPSA) is 0 Å². The van der Waals surface area contributed by atoms with Crippen LogP contribution in [0.3, 0.4) is 0 Å². The fraction of sp³-hybridized carbons (Fsp3) is 0.909. The lowest BCUT2D eigenvalue weighted by Crippen LogP contribution is -2.26. The van der Waals surface area contributed by atoms with Crippen LogP contribution in [0.2, 0.25) is 0 Å². The molecule has 0 amide bonds. The van der Waals surface area contributed by atoms with Crippen LogP contribution in [0, 0.1) is 24.7 Å². The summed E-state index contributed by atoms with van der Waals surface area (Å²) >= 11 is 0. The summed E-state index contributed by atoms with van der Waals surface area (Å²) in [5, 5.41) is 0. The van der Waals surface area contributed by atoms with Crippen molar-refractivity contribution in [1.29, 1.82) is 0 Å². The van der Waals surface area contributed by atoms with Crippen molar-refractivity contribution in [2.75, 3.05) is 0 Å². The summed E-state index contributed by atoms with van der Waals surface area (Å²) < 4.78 is 0. The van der Waals surface area contributed by atoms with Crippen LogP contribution >= 0.6 is 0 Å². The van der Waals surface area contributed by atoms with Gasteiger partial charge in [-0.3, -0.25) is 0 Å². The zero-order valence-electron chi connectivity index (χ0n) is 7.39. The molecule has 3 atom stereocenters. The summed E-state index contributed by atoms with van der Waals surface area (Å²) in [4.78, 5) is 0. The molecular weight excluding hydrogens is 132 g/mol. The second kappa shape index (κ2) is 3.16. The van der Waals surface area contributed by atoms with Crippen molar-refractivity contribution < 1.29 is 0 Å². The Balaban J connectivity index is 1.93. The molecule has 2 rings (SSSR count). The minimum atomic E-state index is 0.786. The molecule has 0 aromatic heterocycles. The molecule has 2 aliphatic rings. The van der Waals surface area contributed by atoms with E-state index in [0.29, 0.717) is 0 Å². The predicted molar refractivity (Wildman–Crippen MR) is 48.1 cm³/mol. The Morgan fingerprint density at radius 1 is 0.818 bits per heavy atom. The average molecular weight is 151 g/mol. The molecule has 2 saturated carbocycles. The summed E-state index contributed by atoms with van der Waals surface area (Å²) in [6.07, 6.45) is 10.4. The van der Waals surface area contributed by atoms with E-state index in [2.05, 4.69) is 6.92 Å². The van der Waals surface area contributed by atoms with Gasteiger partial charge in [0, 0.05) is 0 Å². The van der Waals surface area contributed by atoms with Crippen LogP contribution in [-0.4, -0.2) is 0 Å². The maximum absolute atomic E-state index is 4.19. The largest absolute Gasteiger partial charge is 0.0530 e. The minimum Gasteiger partial charge on any atom is -0.0530 e. The molecule has 0 saturated heterocycles. The number of hydrogen-bond acceptors (Lipinski definition) is 0. The first kappa shape index (κ1) is 7.64. The lowest BCUT2D eigenvalue weighted by atomic mass is 9.68. The maximum atomic E-state index is 4.19. The Labute approximate surface area is 70.4 Å². The predicted octanol–water partition coefficient (Wildman–Crippen LogP) is 3.43. The van der Waals surface area contributed by atoms with E-state index in [4.69, 9.17) is 0 Å². The molecule has 0 heterocycles. The summed E-state index contributed by atoms with van der Waals surface area (Å²) in [7, 11) is 0. The van der Waals surface area contributed by atoms with Crippen molar-refractivity contribution in [3.8, 4) is 0 Å². The molecule has 0 N–H and O–H groups in total. The highest BCUT2D eigenvalue weighted by molar-refractivity contribution is 4.83. The molecule has 2 fully saturated rings. The monoisotopic (exact) mass is 151 g/mol. The fourth-order valence-corrected chi connectivity index (χ4v) is 2.97. The molecular formula is C11H19. The molecule has 11 heavy (non-hydrogen) atoms. The van der Waals surface area contributed by atoms with E-state index in [1.165, 1.54) is 44.9 Å². The molecule has 0 aromatic carbocycles. The molecule has 1 radical (unpaired) electrons. The lowest BCUT2D eigenvalue weighted by molar-refractivity contribution is 0.146. The van der Waals surface area contributed by atoms with Crippen molar-refractivity contribution >= 4 is 0 Å². The third-order valence-corrected chi connectivity index (χ3v) is 3.65. The molecule has 0 aromatic rings. The van der Waals surface area contributed by atoms with Gasteiger partial charge >= 0.3 is 0 Å². The average Bonchev–Trinajstić information content (AvgIpc) is 2.04. The van der Waals surface area contributed by atoms with Crippen molar-refractivity contribution in [3.05, 3.63) is 6.92 Å². The summed E-state index contributed by atoms with van der Waals surface area (Å²) in [6.45, 7) is 4.19. The van der Waals surface area contributed by atoms with Gasteiger partial charge < -0.3 is 0 Å². The van der Waals surface area contributed by atoms with Crippen LogP contribution in [0.5, 0.6) is 0 Å². The van der Waals surface area contributed by atoms with Gasteiger partial charge in [0.2, 0.25) is 0 Å². The summed E-state index contributed by atoms with van der Waals surface area (Å²) in [6, 6.07) is 0. The van der Waals surface area contributed by atoms with Gasteiger partial charge in [-0.1, -0.05) is 39.0 Å². The number of hydrogen-bond donors (Lipinski definition) is 0. The molecule has 0 spiro atoms. The van der Waals surface area contributed by atoms with Crippen LogP contribution in [0.1, 0.15) is 44.9 Å². The molecule has 0 bridgehead atoms. The SMILES string of the molecule is [CH2][C@@H]1CC[C@H]2CCCCC2C1. The molecule has 63 valence electrons. The first-order valence-corrected chi connectivity index (χ1v) is 5.19. The second-order valence-corrected chi connectivity index (χ2v) is 4.48. The normalized spacial score (nSPS) is 45.0. The van der Waals surface area contributed by atoms with Crippen molar-refractivity contribution in [3.63, 3.8) is 0 Å². The standard InChI is InChI=1S/C11H19/c1-9-6-7-10-4-2-3-5-11(10)8-9/h9-11H,1-8H2/t9-,10-,11?/m1/s1. The van der Waals surface area contributed by atoms with Crippen molar-refractivity contribution in [1.82, 2.24) is 0 Å². The highest BCUT2D eigenvalue weighted by atomic mass is 14.4. The highest BCUT2D eigenvalue weighted by Crippen LogP contribution is 2.42. The van der Waals surface area contributed by atoms with E-state index in [1.54, 1.807) is 0 Å². The molecule has 0 aliphatic heterocycles. The van der Waals surface area contributed by atoms with E-state index >= 15 is 0 Å². The van der Waals surface area contributed by atoms with Gasteiger partial charge in [-0.25, -0.2) is 0 Å². The summed E-state index contributed by atoms with van der Waals surface area (Å²) in [5.41, 5.74) is 0. The first-order valence-electron chi connectivity index (χ1n) is 5.19. The van der Waals surface area contributed by atoms with Crippen molar-refractivity contribution in [2.45, 2.75) is 44.9 Å². The smallest absolute Gasteiger partial charge is 0.0383 e. The van der Waals surface area contributed by atoms with Gasteiger partial charge in [-0.2, -0.15) is 0 Å². The third-order valence-electron chi connectivity index (χ3n) is 3.65. The molecule has 0 nitrogen and oxygen atoms in total. The molecule has 1 unspecified atom stereocenters. The van der Waals surface area contributed by atoms with E-state index in [-0.39, 0.29) is 0 Å². The van der Waals surface area contributed by atoms with E-state index in [9.17, 15) is 0 Å². The Kier molecular flexibility index (Phi) is 2.20. The van der Waals surface area contributed by atoms with Crippen LogP contribution in [0.15, 0.2) is 0 Å². The highest BCUT2D eigenvalue weighted by Gasteiger charge is 2.30. The van der Waals surface area contributed by atoms with Crippen LogP contribution in [-0.2, 0) is 0 Å². The Morgan fingerprint density at radius 3 is 2.36 bits per heavy atom. The van der Waals surface area contributed by atoms with E-state index in [1.807, 2.05) is 0 Å². The Morgan fingerprint density at radius 2 is 1.55 bits per heavy atom. The Hall–Kier alpha value is 0. The van der Waals surface area contributed by atoms with Gasteiger partial charge in [0.1, 0.15) is 0 Å². The molecule has 0 heteroatoms. The van der Waals surface area contributed by atoms with Crippen LogP contribution < -0.4 is 0 Å². The molecule has 2 aliphatic carbocycles. The zero-order valence-corrected chi connectivity index (χ0v) is 7.39. The van der Waals surface area contributed by atoms with E-state index in [0.717, 1.165) is 17.8 Å². The second-order valence-electron chi connectivity index (χ2n) is 4.48. The quantitative estimate of drug-likeness (QED) is 0.497. The third kappa shape index (κ3) is 1.60. The van der Waals surface area contributed by atoms with Gasteiger partial charge in [0.15, 0.2) is 0 Å². The van der Waals surface area contributed by atoms with Crippen LogP contribution in [0.4, 0.5) is 0 Å². The van der Waals surface area contributed by atoms with Crippen molar-refractivity contribution in [2.24, 2.45) is 17.8 Å². The van der Waals surface area contributed by atoms with E-state index < -0.39 is 0 Å². The number of rotatable bonds is 0. The Bertz CT molecular complexity index is 128. The zero-order chi connectivity index (χ0) is 7.68. The van der Waals surface area contributed by atoms with Gasteiger partial charge in [0.25, 0.3) is 0 Å². The summed E-state index contributed by atoms with van der Waals surface area (Å²) in [5.74, 6) is 2.95. The fourth-order valence-electron chi connectivity index (χ4n) is 2.97.